The Bertz CT molecular complexity index is 524. The molecule has 5 heteroatoms. The van der Waals surface area contributed by atoms with Crippen molar-refractivity contribution in [2.45, 2.75) is 92.9 Å². The molecule has 0 amide bonds. The number of hydrogen-bond acceptors (Lipinski definition) is 4. The summed E-state index contributed by atoms with van der Waals surface area (Å²) in [4.78, 5) is 0. The molecule has 0 bridgehead atoms. The first-order chi connectivity index (χ1) is 11.2. The van der Waals surface area contributed by atoms with E-state index in [1.54, 1.807) is 0 Å². The highest BCUT2D eigenvalue weighted by Gasteiger charge is 2.26. The SMILES string of the molecule is CC(Cc1cn(C(C)(C)COC(C)(C)C)nn1)C(C)OCC(C)(C)C. The van der Waals surface area contributed by atoms with Crippen molar-refractivity contribution < 1.29 is 9.47 Å². The molecule has 1 aromatic heterocycles. The first-order valence-electron chi connectivity index (χ1n) is 9.37. The average Bonchev–Trinajstić information content (AvgIpc) is 2.90. The number of hydrogen-bond donors (Lipinski definition) is 0. The molecule has 0 saturated heterocycles. The van der Waals surface area contributed by atoms with Crippen LogP contribution in [0.2, 0.25) is 0 Å². The molecule has 2 atom stereocenters. The highest BCUT2D eigenvalue weighted by atomic mass is 16.5. The zero-order valence-electron chi connectivity index (χ0n) is 18.0. The van der Waals surface area contributed by atoms with Crippen LogP contribution < -0.4 is 0 Å². The van der Waals surface area contributed by atoms with Crippen molar-refractivity contribution in [3.63, 3.8) is 0 Å². The van der Waals surface area contributed by atoms with Crippen LogP contribution in [0.25, 0.3) is 0 Å². The molecule has 0 aliphatic carbocycles. The molecule has 0 radical (unpaired) electrons. The van der Waals surface area contributed by atoms with E-state index in [-0.39, 0.29) is 22.7 Å². The van der Waals surface area contributed by atoms with E-state index < -0.39 is 0 Å². The maximum atomic E-state index is 6.02. The molecule has 1 heterocycles. The highest BCUT2D eigenvalue weighted by molar-refractivity contribution is 4.97. The van der Waals surface area contributed by atoms with Crippen LogP contribution >= 0.6 is 0 Å². The van der Waals surface area contributed by atoms with Gasteiger partial charge in [0.2, 0.25) is 0 Å². The number of nitrogens with zero attached hydrogens (tertiary/aromatic N) is 3. The molecule has 0 N–H and O–H groups in total. The maximum Gasteiger partial charge on any atom is 0.0831 e. The summed E-state index contributed by atoms with van der Waals surface area (Å²) >= 11 is 0. The second kappa shape index (κ2) is 8.17. The normalized spacial score (nSPS) is 16.1. The fourth-order valence-corrected chi connectivity index (χ4v) is 2.19. The largest absolute Gasteiger partial charge is 0.378 e. The molecule has 0 aromatic carbocycles. The third-order valence-corrected chi connectivity index (χ3v) is 4.13. The molecule has 146 valence electrons. The quantitative estimate of drug-likeness (QED) is 0.692. The van der Waals surface area contributed by atoms with E-state index in [1.807, 2.05) is 10.9 Å². The van der Waals surface area contributed by atoms with Gasteiger partial charge < -0.3 is 9.47 Å². The Morgan fingerprint density at radius 3 is 2.12 bits per heavy atom. The lowest BCUT2D eigenvalue weighted by Crippen LogP contribution is -2.36. The van der Waals surface area contributed by atoms with Crippen molar-refractivity contribution in [1.82, 2.24) is 15.0 Å². The van der Waals surface area contributed by atoms with Gasteiger partial charge in [0.05, 0.1) is 36.2 Å². The van der Waals surface area contributed by atoms with Crippen LogP contribution in [0.15, 0.2) is 6.20 Å². The maximum absolute atomic E-state index is 6.02. The van der Waals surface area contributed by atoms with Crippen molar-refractivity contribution in [2.24, 2.45) is 11.3 Å². The predicted octanol–water partition coefficient (Wildman–Crippen LogP) is 4.46. The molecule has 0 saturated carbocycles. The van der Waals surface area contributed by atoms with Gasteiger partial charge in [-0.25, -0.2) is 4.68 Å². The van der Waals surface area contributed by atoms with Crippen LogP contribution in [0.1, 0.15) is 74.9 Å². The molecular formula is C20H39N3O2. The fourth-order valence-electron chi connectivity index (χ4n) is 2.19. The smallest absolute Gasteiger partial charge is 0.0831 e. The Morgan fingerprint density at radius 1 is 1.00 bits per heavy atom. The van der Waals surface area contributed by atoms with Crippen LogP contribution in [0.4, 0.5) is 0 Å². The summed E-state index contributed by atoms with van der Waals surface area (Å²) in [5.41, 5.74) is 0.807. The zero-order chi connectivity index (χ0) is 19.5. The van der Waals surface area contributed by atoms with Crippen LogP contribution in [0.5, 0.6) is 0 Å². The van der Waals surface area contributed by atoms with Crippen molar-refractivity contribution in [2.75, 3.05) is 13.2 Å². The van der Waals surface area contributed by atoms with Crippen LogP contribution in [0, 0.1) is 11.3 Å². The van der Waals surface area contributed by atoms with Gasteiger partial charge in [-0.1, -0.05) is 32.9 Å². The number of rotatable bonds is 8. The van der Waals surface area contributed by atoms with Gasteiger partial charge in [0.15, 0.2) is 0 Å². The first-order valence-corrected chi connectivity index (χ1v) is 9.37. The molecule has 1 rings (SSSR count). The standard InChI is InChI=1S/C20H39N3O2/c1-15(16(2)24-13-18(3,4)5)11-17-12-23(22-21-17)20(9,10)14-25-19(6,7)8/h12,15-16H,11,13-14H2,1-10H3. The highest BCUT2D eigenvalue weighted by Crippen LogP contribution is 2.21. The molecule has 0 spiro atoms. The second-order valence-electron chi connectivity index (χ2n) is 10.1. The topological polar surface area (TPSA) is 49.2 Å². The van der Waals surface area contributed by atoms with Gasteiger partial charge in [-0.05, 0) is 59.3 Å². The minimum Gasteiger partial charge on any atom is -0.378 e. The summed E-state index contributed by atoms with van der Waals surface area (Å²) in [5.74, 6) is 0.390. The van der Waals surface area contributed by atoms with E-state index in [2.05, 4.69) is 79.5 Å². The lowest BCUT2D eigenvalue weighted by molar-refractivity contribution is -0.0420. The van der Waals surface area contributed by atoms with Crippen molar-refractivity contribution in [3.8, 4) is 0 Å². The second-order valence-corrected chi connectivity index (χ2v) is 10.1. The lowest BCUT2D eigenvalue weighted by atomic mass is 9.97. The van der Waals surface area contributed by atoms with E-state index in [0.717, 1.165) is 18.7 Å². The minimum atomic E-state index is -0.226. The van der Waals surface area contributed by atoms with Gasteiger partial charge >= 0.3 is 0 Å². The average molecular weight is 354 g/mol. The summed E-state index contributed by atoms with van der Waals surface area (Å²) in [7, 11) is 0. The molecule has 25 heavy (non-hydrogen) atoms. The Morgan fingerprint density at radius 2 is 1.60 bits per heavy atom. The first kappa shape index (κ1) is 22.1. The third kappa shape index (κ3) is 8.32. The lowest BCUT2D eigenvalue weighted by Gasteiger charge is -2.29. The minimum absolute atomic E-state index is 0.158. The zero-order valence-corrected chi connectivity index (χ0v) is 18.0. The van der Waals surface area contributed by atoms with Gasteiger partial charge in [0.1, 0.15) is 0 Å². The summed E-state index contributed by atoms with van der Waals surface area (Å²) in [6.45, 7) is 22.7. The Hall–Kier alpha value is -0.940. The molecule has 0 fully saturated rings. The van der Waals surface area contributed by atoms with Crippen molar-refractivity contribution >= 4 is 0 Å². The molecular weight excluding hydrogens is 314 g/mol. The number of aromatic nitrogens is 3. The van der Waals surface area contributed by atoms with Gasteiger partial charge in [-0.2, -0.15) is 0 Å². The van der Waals surface area contributed by atoms with Crippen LogP contribution in [-0.2, 0) is 21.4 Å². The molecule has 1 aromatic rings. The Labute approximate surface area is 154 Å². The Balaban J connectivity index is 2.62. The van der Waals surface area contributed by atoms with E-state index in [1.165, 1.54) is 0 Å². The van der Waals surface area contributed by atoms with Crippen LogP contribution in [-0.4, -0.2) is 39.9 Å². The molecule has 5 nitrogen and oxygen atoms in total. The van der Waals surface area contributed by atoms with E-state index >= 15 is 0 Å². The van der Waals surface area contributed by atoms with Gasteiger partial charge in [0.25, 0.3) is 0 Å². The van der Waals surface area contributed by atoms with Crippen molar-refractivity contribution in [1.29, 1.82) is 0 Å². The van der Waals surface area contributed by atoms with Gasteiger partial charge in [-0.15, -0.1) is 5.10 Å². The van der Waals surface area contributed by atoms with Gasteiger partial charge in [-0.3, -0.25) is 0 Å². The Kier molecular flexibility index (Phi) is 7.22. The number of ether oxygens (including phenoxy) is 2. The summed E-state index contributed by atoms with van der Waals surface area (Å²) in [6, 6.07) is 0. The summed E-state index contributed by atoms with van der Waals surface area (Å²) < 4.78 is 13.9. The van der Waals surface area contributed by atoms with E-state index in [4.69, 9.17) is 9.47 Å². The van der Waals surface area contributed by atoms with Crippen LogP contribution in [0.3, 0.4) is 0 Å². The van der Waals surface area contributed by atoms with Crippen molar-refractivity contribution in [3.05, 3.63) is 11.9 Å². The molecule has 0 aliphatic rings. The molecule has 2 unspecified atom stereocenters. The summed E-state index contributed by atoms with van der Waals surface area (Å²) in [6.07, 6.45) is 3.10. The summed E-state index contributed by atoms with van der Waals surface area (Å²) in [5, 5.41) is 8.69. The third-order valence-electron chi connectivity index (χ3n) is 4.13. The predicted molar refractivity (Wildman–Crippen MR) is 103 cm³/mol. The van der Waals surface area contributed by atoms with E-state index in [9.17, 15) is 0 Å². The molecule has 0 aliphatic heterocycles. The van der Waals surface area contributed by atoms with Gasteiger partial charge in [0, 0.05) is 6.20 Å². The fraction of sp³-hybridized carbons (Fsp3) is 0.900. The van der Waals surface area contributed by atoms with E-state index in [0.29, 0.717) is 12.5 Å². The monoisotopic (exact) mass is 353 g/mol.